The van der Waals surface area contributed by atoms with Crippen LogP contribution >= 0.6 is 23.2 Å². The number of fused-ring (bicyclic) bond motifs is 1. The van der Waals surface area contributed by atoms with Crippen molar-refractivity contribution >= 4 is 35.2 Å². The van der Waals surface area contributed by atoms with Crippen molar-refractivity contribution in [3.05, 3.63) is 33.3 Å². The molecule has 1 aliphatic rings. The Morgan fingerprint density at radius 3 is 2.50 bits per heavy atom. The Kier molecular flexibility index (Phi) is 5.77. The number of halogens is 4. The molecule has 0 fully saturated rings. The summed E-state index contributed by atoms with van der Waals surface area (Å²) in [7, 11) is 0.500. The van der Waals surface area contributed by atoms with Gasteiger partial charge in [-0.05, 0) is 25.1 Å². The van der Waals surface area contributed by atoms with Gasteiger partial charge in [0.2, 0.25) is 0 Å². The van der Waals surface area contributed by atoms with Crippen molar-refractivity contribution in [2.75, 3.05) is 7.18 Å². The molecule has 110 valence electrons. The van der Waals surface area contributed by atoms with Gasteiger partial charge >= 0.3 is 5.97 Å². The lowest BCUT2D eigenvalue weighted by atomic mass is 9.99. The van der Waals surface area contributed by atoms with E-state index in [1.54, 1.807) is 0 Å². The molecule has 1 N–H and O–H groups in total. The molecule has 0 spiro atoms. The number of rotatable bonds is 2. The molecule has 2 unspecified atom stereocenters. The highest BCUT2D eigenvalue weighted by molar-refractivity contribution is 6.36. The molecule has 0 aromatic heterocycles. The van der Waals surface area contributed by atoms with E-state index in [0.717, 1.165) is 0 Å². The Bertz CT molecular complexity index is 545. The van der Waals surface area contributed by atoms with Crippen LogP contribution in [0.2, 0.25) is 10.0 Å². The highest BCUT2D eigenvalue weighted by Gasteiger charge is 2.33. The fourth-order valence-electron chi connectivity index (χ4n) is 1.76. The van der Waals surface area contributed by atoms with Crippen LogP contribution in [0.3, 0.4) is 0 Å². The van der Waals surface area contributed by atoms with Crippen LogP contribution in [-0.4, -0.2) is 30.5 Å². The van der Waals surface area contributed by atoms with Gasteiger partial charge in [-0.2, -0.15) is 0 Å². The first-order valence-corrected chi connectivity index (χ1v) is 6.28. The molecule has 20 heavy (non-hydrogen) atoms. The molecule has 1 aromatic carbocycles. The molecular weight excluding hydrogens is 313 g/mol. The van der Waals surface area contributed by atoms with Crippen LogP contribution in [0.5, 0.6) is 5.75 Å². The number of carboxylic acid groups (broad SMARTS) is 1. The topological polar surface area (TPSA) is 46.5 Å². The lowest BCUT2D eigenvalue weighted by molar-refractivity contribution is -0.133. The average Bonchev–Trinajstić information content (AvgIpc) is 2.39. The Labute approximate surface area is 124 Å². The van der Waals surface area contributed by atoms with Crippen molar-refractivity contribution in [1.29, 1.82) is 0 Å². The minimum Gasteiger partial charge on any atom is -0.482 e. The molecule has 0 saturated carbocycles. The van der Waals surface area contributed by atoms with E-state index in [-0.39, 0.29) is 16.3 Å². The summed E-state index contributed by atoms with van der Waals surface area (Å²) >= 11 is 11.8. The Hall–Kier alpha value is -1.33. The highest BCUT2D eigenvalue weighted by atomic mass is 35.5. The Morgan fingerprint density at radius 2 is 2.00 bits per heavy atom. The molecule has 3 nitrogen and oxygen atoms in total. The minimum absolute atomic E-state index is 0.165. The molecule has 7 heteroatoms. The summed E-state index contributed by atoms with van der Waals surface area (Å²) in [6.45, 7) is 1.23. The summed E-state index contributed by atoms with van der Waals surface area (Å²) in [4.78, 5) is 11.1. The number of alkyl halides is 2. The maximum Gasteiger partial charge on any atom is 0.335 e. The van der Waals surface area contributed by atoms with Crippen LogP contribution in [0.1, 0.15) is 12.5 Å². The molecular formula is C13H12Cl2F2O3. The maximum atomic E-state index is 13.4. The fraction of sp³-hybridized carbons (Fsp3) is 0.308. The number of hydrogen-bond donors (Lipinski definition) is 1. The zero-order chi connectivity index (χ0) is 15.4. The number of carbonyl (C=O) groups is 1. The van der Waals surface area contributed by atoms with E-state index >= 15 is 0 Å². The summed E-state index contributed by atoms with van der Waals surface area (Å²) in [6, 6.07) is 2.95. The molecule has 0 aliphatic carbocycles. The van der Waals surface area contributed by atoms with E-state index in [2.05, 4.69) is 0 Å². The number of hydrogen-bond acceptors (Lipinski definition) is 2. The van der Waals surface area contributed by atoms with Gasteiger partial charge in [0.25, 0.3) is 0 Å². The van der Waals surface area contributed by atoms with Gasteiger partial charge in [-0.1, -0.05) is 23.2 Å². The molecule has 0 bridgehead atoms. The van der Waals surface area contributed by atoms with E-state index in [4.69, 9.17) is 33.0 Å². The number of carboxylic acids is 1. The number of ether oxygens (including phenoxy) is 1. The molecule has 0 radical (unpaired) electrons. The zero-order valence-corrected chi connectivity index (χ0v) is 12.2. The quantitative estimate of drug-likeness (QED) is 0.888. The van der Waals surface area contributed by atoms with E-state index in [9.17, 15) is 13.6 Å². The van der Waals surface area contributed by atoms with Crippen molar-refractivity contribution < 1.29 is 23.4 Å². The van der Waals surface area contributed by atoms with Crippen LogP contribution in [-0.2, 0) is 4.79 Å². The van der Waals surface area contributed by atoms with Gasteiger partial charge in [0.1, 0.15) is 11.9 Å². The second-order valence-electron chi connectivity index (χ2n) is 3.92. The third-order valence-corrected chi connectivity index (χ3v) is 3.11. The molecule has 0 saturated heterocycles. The second kappa shape index (κ2) is 6.90. The van der Waals surface area contributed by atoms with Crippen LogP contribution < -0.4 is 4.74 Å². The van der Waals surface area contributed by atoms with Gasteiger partial charge in [0.15, 0.2) is 6.10 Å². The van der Waals surface area contributed by atoms with Gasteiger partial charge in [-0.25, -0.2) is 9.18 Å². The molecule has 1 heterocycles. The Balaban J connectivity index is 0.000000956. The van der Waals surface area contributed by atoms with Crippen molar-refractivity contribution in [2.24, 2.45) is 0 Å². The summed E-state index contributed by atoms with van der Waals surface area (Å²) < 4.78 is 28.2. The van der Waals surface area contributed by atoms with E-state index < -0.39 is 18.2 Å². The predicted octanol–water partition coefficient (Wildman–Crippen LogP) is 4.17. The normalized spacial score (nSPS) is 17.9. The zero-order valence-electron chi connectivity index (χ0n) is 10.7. The standard InChI is InChI=1S/C12H9Cl2FO3.CH3F/c1-5(15)11-8(12(16)17)4-7-9(14)2-6(13)3-10(7)18-11;1-2/h2-5,11H,1H3,(H,16,17);1H3. The SMILES string of the molecule is CC(F)C1Oc2cc(Cl)cc(Cl)c2C=C1C(=O)O.CF. The first-order valence-electron chi connectivity index (χ1n) is 5.52. The first-order chi connectivity index (χ1) is 9.40. The predicted molar refractivity (Wildman–Crippen MR) is 74.1 cm³/mol. The summed E-state index contributed by atoms with van der Waals surface area (Å²) in [5.41, 5.74) is 0.233. The number of aliphatic carboxylic acids is 1. The minimum atomic E-state index is -1.46. The lowest BCUT2D eigenvalue weighted by Gasteiger charge is -2.26. The van der Waals surface area contributed by atoms with E-state index in [1.807, 2.05) is 0 Å². The molecule has 1 aliphatic heterocycles. The van der Waals surface area contributed by atoms with E-state index in [0.29, 0.717) is 17.8 Å². The first kappa shape index (κ1) is 16.7. The molecule has 1 aromatic rings. The van der Waals surface area contributed by atoms with Gasteiger partial charge < -0.3 is 9.84 Å². The molecule has 2 atom stereocenters. The van der Waals surface area contributed by atoms with Gasteiger partial charge in [0.05, 0.1) is 17.8 Å². The smallest absolute Gasteiger partial charge is 0.335 e. The van der Waals surface area contributed by atoms with Crippen molar-refractivity contribution in [2.45, 2.75) is 19.2 Å². The molecule has 0 amide bonds. The van der Waals surface area contributed by atoms with Gasteiger partial charge in [0, 0.05) is 10.6 Å². The lowest BCUT2D eigenvalue weighted by Crippen LogP contribution is -2.34. The van der Waals surface area contributed by atoms with E-state index in [1.165, 1.54) is 25.1 Å². The third kappa shape index (κ3) is 3.41. The fourth-order valence-corrected chi connectivity index (χ4v) is 2.29. The van der Waals surface area contributed by atoms with Gasteiger partial charge in [-0.3, -0.25) is 4.39 Å². The largest absolute Gasteiger partial charge is 0.482 e. The molecule has 2 rings (SSSR count). The third-order valence-electron chi connectivity index (χ3n) is 2.58. The van der Waals surface area contributed by atoms with Crippen LogP contribution in [0.15, 0.2) is 17.7 Å². The Morgan fingerprint density at radius 1 is 1.40 bits per heavy atom. The van der Waals surface area contributed by atoms with Crippen molar-refractivity contribution in [3.63, 3.8) is 0 Å². The summed E-state index contributed by atoms with van der Waals surface area (Å²) in [6.07, 6.45) is -1.30. The van der Waals surface area contributed by atoms with Gasteiger partial charge in [-0.15, -0.1) is 0 Å². The van der Waals surface area contributed by atoms with Crippen LogP contribution in [0.4, 0.5) is 8.78 Å². The maximum absolute atomic E-state index is 13.4. The number of benzene rings is 1. The monoisotopic (exact) mass is 324 g/mol. The summed E-state index contributed by atoms with van der Waals surface area (Å²) in [5.74, 6) is -0.951. The second-order valence-corrected chi connectivity index (χ2v) is 4.76. The summed E-state index contributed by atoms with van der Waals surface area (Å²) in [5, 5.41) is 9.65. The highest BCUT2D eigenvalue weighted by Crippen LogP contribution is 2.38. The average molecular weight is 325 g/mol. The van der Waals surface area contributed by atoms with Crippen molar-refractivity contribution in [3.8, 4) is 5.75 Å². The van der Waals surface area contributed by atoms with Crippen LogP contribution in [0, 0.1) is 0 Å². The van der Waals surface area contributed by atoms with Crippen LogP contribution in [0.25, 0.3) is 6.08 Å². The van der Waals surface area contributed by atoms with Crippen molar-refractivity contribution in [1.82, 2.24) is 0 Å².